The molecule has 0 unspecified atom stereocenters. The molecule has 0 N–H and O–H groups in total. The summed E-state index contributed by atoms with van der Waals surface area (Å²) in [7, 11) is 0. The van der Waals surface area contributed by atoms with Crippen LogP contribution in [0.15, 0.2) is 36.4 Å². The van der Waals surface area contributed by atoms with E-state index >= 15 is 0 Å². The van der Waals surface area contributed by atoms with Gasteiger partial charge >= 0.3 is 0 Å². The monoisotopic (exact) mass is 226 g/mol. The summed E-state index contributed by atoms with van der Waals surface area (Å²) in [5, 5.41) is 2.83. The van der Waals surface area contributed by atoms with Crippen LogP contribution in [0.2, 0.25) is 0 Å². The summed E-state index contributed by atoms with van der Waals surface area (Å²) in [4.78, 5) is 0. The molecule has 0 fully saturated rings. The molecule has 2 rings (SSSR count). The van der Waals surface area contributed by atoms with Gasteiger partial charge in [-0.3, -0.25) is 0 Å². The minimum absolute atomic E-state index is 1.14. The molecule has 0 heterocycles. The van der Waals surface area contributed by atoms with Gasteiger partial charge in [0.2, 0.25) is 0 Å². The number of unbranched alkanes of at least 4 members (excludes halogenated alkanes) is 2. The molecular weight excluding hydrogens is 204 g/mol. The predicted molar refractivity (Wildman–Crippen MR) is 76.6 cm³/mol. The highest BCUT2D eigenvalue weighted by atomic mass is 14.1. The molecule has 0 amide bonds. The van der Waals surface area contributed by atoms with Crippen LogP contribution in [-0.4, -0.2) is 0 Å². The van der Waals surface area contributed by atoms with Crippen LogP contribution in [0.1, 0.15) is 44.2 Å². The highest BCUT2D eigenvalue weighted by molar-refractivity contribution is 5.86. The topological polar surface area (TPSA) is 0 Å². The van der Waals surface area contributed by atoms with Gasteiger partial charge in [0.25, 0.3) is 0 Å². The second kappa shape index (κ2) is 5.86. The molecule has 0 radical (unpaired) electrons. The van der Waals surface area contributed by atoms with Crippen LogP contribution < -0.4 is 0 Å². The lowest BCUT2D eigenvalue weighted by atomic mass is 9.94. The quantitative estimate of drug-likeness (QED) is 0.620. The minimum Gasteiger partial charge on any atom is -0.0654 e. The van der Waals surface area contributed by atoms with Crippen LogP contribution >= 0.6 is 0 Å². The first kappa shape index (κ1) is 12.2. The van der Waals surface area contributed by atoms with Crippen LogP contribution in [0.4, 0.5) is 0 Å². The van der Waals surface area contributed by atoms with Crippen LogP contribution in [0, 0.1) is 0 Å². The molecule has 0 aliphatic carbocycles. The number of fused-ring (bicyclic) bond motifs is 1. The Bertz CT molecular complexity index is 482. The zero-order chi connectivity index (χ0) is 12.1. The Morgan fingerprint density at radius 1 is 0.882 bits per heavy atom. The van der Waals surface area contributed by atoms with Crippen molar-refractivity contribution in [2.75, 3.05) is 0 Å². The lowest BCUT2D eigenvalue weighted by Crippen LogP contribution is -1.94. The largest absolute Gasteiger partial charge is 0.0654 e. The van der Waals surface area contributed by atoms with E-state index in [1.165, 1.54) is 36.5 Å². The van der Waals surface area contributed by atoms with Crippen molar-refractivity contribution in [3.63, 3.8) is 0 Å². The number of benzene rings is 2. The van der Waals surface area contributed by atoms with E-state index in [-0.39, 0.29) is 0 Å². The van der Waals surface area contributed by atoms with Gasteiger partial charge in [0, 0.05) is 0 Å². The maximum Gasteiger partial charge on any atom is -0.0149 e. The minimum atomic E-state index is 1.14. The highest BCUT2D eigenvalue weighted by Gasteiger charge is 2.05. The zero-order valence-corrected chi connectivity index (χ0v) is 11.0. The van der Waals surface area contributed by atoms with Crippen molar-refractivity contribution in [1.29, 1.82) is 0 Å². The van der Waals surface area contributed by atoms with Crippen LogP contribution in [-0.2, 0) is 12.8 Å². The molecule has 0 atom stereocenters. The SMILES string of the molecule is CCCCCc1ccc2ccccc2c1CC. The fraction of sp³-hybridized carbons (Fsp3) is 0.412. The lowest BCUT2D eigenvalue weighted by Gasteiger charge is -2.11. The van der Waals surface area contributed by atoms with Gasteiger partial charge in [-0.1, -0.05) is 63.1 Å². The second-order valence-electron chi connectivity index (χ2n) is 4.74. The summed E-state index contributed by atoms with van der Waals surface area (Å²) in [6.07, 6.45) is 6.34. The molecule has 0 saturated carbocycles. The van der Waals surface area contributed by atoms with Gasteiger partial charge in [0.1, 0.15) is 0 Å². The zero-order valence-electron chi connectivity index (χ0n) is 11.0. The van der Waals surface area contributed by atoms with Crippen LogP contribution in [0.3, 0.4) is 0 Å². The van der Waals surface area contributed by atoms with E-state index in [0.29, 0.717) is 0 Å². The Kier molecular flexibility index (Phi) is 4.19. The molecule has 90 valence electrons. The van der Waals surface area contributed by atoms with E-state index in [0.717, 1.165) is 6.42 Å². The molecule has 2 aromatic rings. The van der Waals surface area contributed by atoms with E-state index in [4.69, 9.17) is 0 Å². The molecule has 0 saturated heterocycles. The summed E-state index contributed by atoms with van der Waals surface area (Å²) in [5.41, 5.74) is 3.11. The summed E-state index contributed by atoms with van der Waals surface area (Å²) in [6, 6.07) is 13.4. The molecule has 2 aromatic carbocycles. The van der Waals surface area contributed by atoms with Crippen molar-refractivity contribution in [3.05, 3.63) is 47.5 Å². The third-order valence-corrected chi connectivity index (χ3v) is 3.54. The molecule has 0 spiro atoms. The smallest absolute Gasteiger partial charge is 0.0149 e. The number of hydrogen-bond acceptors (Lipinski definition) is 0. The fourth-order valence-electron chi connectivity index (χ4n) is 2.60. The van der Waals surface area contributed by atoms with Crippen molar-refractivity contribution in [2.45, 2.75) is 46.0 Å². The normalized spacial score (nSPS) is 10.9. The first-order chi connectivity index (χ1) is 8.36. The third-order valence-electron chi connectivity index (χ3n) is 3.54. The van der Waals surface area contributed by atoms with E-state index in [1.54, 1.807) is 11.1 Å². The predicted octanol–water partition coefficient (Wildman–Crippen LogP) is 5.13. The van der Waals surface area contributed by atoms with E-state index < -0.39 is 0 Å². The van der Waals surface area contributed by atoms with Gasteiger partial charge in [-0.15, -0.1) is 0 Å². The van der Waals surface area contributed by atoms with E-state index in [2.05, 4.69) is 50.2 Å². The summed E-state index contributed by atoms with van der Waals surface area (Å²) in [6.45, 7) is 4.53. The standard InChI is InChI=1S/C17H22/c1-3-5-6-9-14-12-13-15-10-7-8-11-17(15)16(14)4-2/h7-8,10-13H,3-6,9H2,1-2H3. The maximum atomic E-state index is 2.33. The summed E-state index contributed by atoms with van der Waals surface area (Å²) >= 11 is 0. The van der Waals surface area contributed by atoms with Crippen LogP contribution in [0.5, 0.6) is 0 Å². The Morgan fingerprint density at radius 2 is 1.71 bits per heavy atom. The van der Waals surface area contributed by atoms with Gasteiger partial charge in [0.05, 0.1) is 0 Å². The van der Waals surface area contributed by atoms with E-state index in [1.807, 2.05) is 0 Å². The average Bonchev–Trinajstić information content (AvgIpc) is 2.38. The van der Waals surface area contributed by atoms with Crippen molar-refractivity contribution >= 4 is 10.8 Å². The molecule has 0 bridgehead atoms. The molecule has 0 aliphatic rings. The third kappa shape index (κ3) is 2.69. The Hall–Kier alpha value is -1.30. The molecular formula is C17H22. The van der Waals surface area contributed by atoms with Crippen LogP contribution in [0.25, 0.3) is 10.8 Å². The molecule has 0 heteroatoms. The lowest BCUT2D eigenvalue weighted by molar-refractivity contribution is 0.714. The second-order valence-corrected chi connectivity index (χ2v) is 4.74. The molecule has 17 heavy (non-hydrogen) atoms. The average molecular weight is 226 g/mol. The Labute approximate surface area is 105 Å². The maximum absolute atomic E-state index is 2.33. The molecule has 0 aromatic heterocycles. The molecule has 0 aliphatic heterocycles. The first-order valence-corrected chi connectivity index (χ1v) is 6.86. The van der Waals surface area contributed by atoms with E-state index in [9.17, 15) is 0 Å². The number of aryl methyl sites for hydroxylation is 2. The fourth-order valence-corrected chi connectivity index (χ4v) is 2.60. The Balaban J connectivity index is 2.35. The van der Waals surface area contributed by atoms with Gasteiger partial charge in [0.15, 0.2) is 0 Å². The number of rotatable bonds is 5. The first-order valence-electron chi connectivity index (χ1n) is 6.86. The molecule has 0 nitrogen and oxygen atoms in total. The van der Waals surface area contributed by atoms with Crippen molar-refractivity contribution in [3.8, 4) is 0 Å². The number of hydrogen-bond donors (Lipinski definition) is 0. The Morgan fingerprint density at radius 3 is 2.47 bits per heavy atom. The van der Waals surface area contributed by atoms with Crippen molar-refractivity contribution in [1.82, 2.24) is 0 Å². The van der Waals surface area contributed by atoms with Crippen molar-refractivity contribution < 1.29 is 0 Å². The highest BCUT2D eigenvalue weighted by Crippen LogP contribution is 2.24. The van der Waals surface area contributed by atoms with Gasteiger partial charge in [-0.05, 0) is 41.2 Å². The van der Waals surface area contributed by atoms with Gasteiger partial charge < -0.3 is 0 Å². The van der Waals surface area contributed by atoms with Gasteiger partial charge in [-0.2, -0.15) is 0 Å². The summed E-state index contributed by atoms with van der Waals surface area (Å²) < 4.78 is 0. The van der Waals surface area contributed by atoms with Crippen molar-refractivity contribution in [2.24, 2.45) is 0 Å². The van der Waals surface area contributed by atoms with Gasteiger partial charge in [-0.25, -0.2) is 0 Å². The summed E-state index contributed by atoms with van der Waals surface area (Å²) in [5.74, 6) is 0.